The van der Waals surface area contributed by atoms with Crippen LogP contribution in [-0.2, 0) is 13.0 Å². The van der Waals surface area contributed by atoms with E-state index in [1.165, 1.54) is 0 Å². The molecule has 3 N–H and O–H groups in total. The number of nitrogens with one attached hydrogen (secondary N) is 2. The number of carbonyl (C=O) groups excluding carboxylic acids is 2. The maximum atomic E-state index is 12.5. The second-order valence-corrected chi connectivity index (χ2v) is 8.18. The average molecular weight is 458 g/mol. The molecule has 2 amide bonds. The van der Waals surface area contributed by atoms with Crippen molar-refractivity contribution in [1.29, 1.82) is 0 Å². The summed E-state index contributed by atoms with van der Waals surface area (Å²) >= 11 is 0. The van der Waals surface area contributed by atoms with E-state index in [0.717, 1.165) is 33.3 Å². The molecule has 0 fully saturated rings. The molecule has 0 aliphatic heterocycles. The van der Waals surface area contributed by atoms with Crippen LogP contribution in [0.2, 0.25) is 0 Å². The van der Waals surface area contributed by atoms with Crippen LogP contribution in [0.15, 0.2) is 72.9 Å². The fourth-order valence-electron chi connectivity index (χ4n) is 3.95. The molecule has 4 rings (SSSR count). The number of hydroxylamine groups is 1. The number of ether oxygens (including phenoxy) is 1. The molecule has 174 valence electrons. The lowest BCUT2D eigenvalue weighted by Gasteiger charge is -2.07. The van der Waals surface area contributed by atoms with Gasteiger partial charge < -0.3 is 14.6 Å². The normalized spacial score (nSPS) is 10.8. The minimum Gasteiger partial charge on any atom is -0.497 e. The summed E-state index contributed by atoms with van der Waals surface area (Å²) < 4.78 is 7.57. The topological polar surface area (TPSA) is 92.6 Å². The van der Waals surface area contributed by atoms with E-state index in [9.17, 15) is 9.59 Å². The van der Waals surface area contributed by atoms with E-state index >= 15 is 0 Å². The minimum absolute atomic E-state index is 0.0895. The molecule has 3 aromatic carbocycles. The van der Waals surface area contributed by atoms with Gasteiger partial charge in [-0.05, 0) is 66.9 Å². The van der Waals surface area contributed by atoms with Gasteiger partial charge in [0, 0.05) is 41.3 Å². The lowest BCUT2D eigenvalue weighted by Crippen LogP contribution is -2.25. The highest BCUT2D eigenvalue weighted by atomic mass is 16.5. The Balaban J connectivity index is 1.52. The summed E-state index contributed by atoms with van der Waals surface area (Å²) in [6, 6.07) is 20.6. The quantitative estimate of drug-likeness (QED) is 0.274. The monoisotopic (exact) mass is 457 g/mol. The number of methoxy groups -OCH3 is 1. The zero-order valence-corrected chi connectivity index (χ0v) is 19.2. The summed E-state index contributed by atoms with van der Waals surface area (Å²) in [6.07, 6.45) is 2.76. The van der Waals surface area contributed by atoms with Crippen LogP contribution in [0.25, 0.3) is 10.9 Å². The molecule has 0 unspecified atom stereocenters. The lowest BCUT2D eigenvalue weighted by atomic mass is 10.1. The third kappa shape index (κ3) is 5.10. The fraction of sp³-hybridized carbons (Fsp3) is 0.185. The fourth-order valence-corrected chi connectivity index (χ4v) is 3.95. The van der Waals surface area contributed by atoms with E-state index in [0.29, 0.717) is 30.6 Å². The number of amides is 2. The number of rotatable bonds is 8. The summed E-state index contributed by atoms with van der Waals surface area (Å²) in [5.41, 5.74) is 6.97. The molecule has 0 spiro atoms. The maximum absolute atomic E-state index is 12.5. The molecule has 34 heavy (non-hydrogen) atoms. The van der Waals surface area contributed by atoms with Gasteiger partial charge in [0.2, 0.25) is 0 Å². The molecule has 0 bridgehead atoms. The van der Waals surface area contributed by atoms with Gasteiger partial charge in [-0.2, -0.15) is 0 Å². The van der Waals surface area contributed by atoms with Crippen LogP contribution < -0.4 is 15.5 Å². The molecule has 4 aromatic rings. The van der Waals surface area contributed by atoms with Crippen molar-refractivity contribution in [2.45, 2.75) is 19.9 Å². The van der Waals surface area contributed by atoms with Crippen LogP contribution >= 0.6 is 0 Å². The molecule has 7 nitrogen and oxygen atoms in total. The number of carbonyl (C=O) groups is 2. The Bertz CT molecular complexity index is 1310. The number of aromatic nitrogens is 1. The van der Waals surface area contributed by atoms with Crippen LogP contribution in [0, 0.1) is 6.92 Å². The molecule has 1 aromatic heterocycles. The first kappa shape index (κ1) is 23.1. The van der Waals surface area contributed by atoms with Crippen LogP contribution in [0.1, 0.15) is 37.4 Å². The molecular weight excluding hydrogens is 430 g/mol. The van der Waals surface area contributed by atoms with Crippen molar-refractivity contribution in [1.82, 2.24) is 15.4 Å². The Morgan fingerprint density at radius 2 is 1.62 bits per heavy atom. The van der Waals surface area contributed by atoms with Crippen LogP contribution in [0.3, 0.4) is 0 Å². The van der Waals surface area contributed by atoms with Crippen molar-refractivity contribution in [3.8, 4) is 5.75 Å². The maximum Gasteiger partial charge on any atom is 0.274 e. The van der Waals surface area contributed by atoms with Gasteiger partial charge in [-0.15, -0.1) is 0 Å². The Morgan fingerprint density at radius 1 is 0.941 bits per heavy atom. The number of fused-ring (bicyclic) bond motifs is 1. The first-order valence-corrected chi connectivity index (χ1v) is 11.0. The van der Waals surface area contributed by atoms with Crippen molar-refractivity contribution < 1.29 is 19.5 Å². The zero-order chi connectivity index (χ0) is 24.1. The van der Waals surface area contributed by atoms with E-state index in [1.54, 1.807) is 24.7 Å². The summed E-state index contributed by atoms with van der Waals surface area (Å²) in [6.45, 7) is 3.11. The minimum atomic E-state index is -0.542. The van der Waals surface area contributed by atoms with Crippen molar-refractivity contribution in [2.75, 3.05) is 13.7 Å². The second-order valence-electron chi connectivity index (χ2n) is 8.18. The summed E-state index contributed by atoms with van der Waals surface area (Å²) in [5.74, 6) is 0.142. The van der Waals surface area contributed by atoms with Crippen molar-refractivity contribution in [3.05, 3.63) is 101 Å². The Hall–Kier alpha value is -4.10. The third-order valence-corrected chi connectivity index (χ3v) is 5.84. The smallest absolute Gasteiger partial charge is 0.274 e. The average Bonchev–Trinajstić information content (AvgIpc) is 3.20. The molecule has 0 aliphatic rings. The first-order valence-electron chi connectivity index (χ1n) is 11.0. The number of benzene rings is 3. The van der Waals surface area contributed by atoms with Crippen molar-refractivity contribution >= 4 is 22.7 Å². The van der Waals surface area contributed by atoms with E-state index in [4.69, 9.17) is 9.94 Å². The molecule has 0 saturated carbocycles. The van der Waals surface area contributed by atoms with Crippen molar-refractivity contribution in [3.63, 3.8) is 0 Å². The number of hydrogen-bond donors (Lipinski definition) is 3. The van der Waals surface area contributed by atoms with Gasteiger partial charge in [0.1, 0.15) is 5.75 Å². The molecule has 0 saturated heterocycles. The predicted molar refractivity (Wildman–Crippen MR) is 131 cm³/mol. The molecule has 0 radical (unpaired) electrons. The highest BCUT2D eigenvalue weighted by molar-refractivity contribution is 5.94. The SMILES string of the molecule is COc1ccc2c(c1)c(CCNC(=O)c1ccc(C)cc1)cn2Cc1ccc(C(=O)NO)cc1. The van der Waals surface area contributed by atoms with Crippen molar-refractivity contribution in [2.24, 2.45) is 0 Å². The summed E-state index contributed by atoms with van der Waals surface area (Å²) in [5, 5.41) is 12.9. The Labute approximate surface area is 197 Å². The molecule has 7 heteroatoms. The van der Waals surface area contributed by atoms with Gasteiger partial charge in [-0.25, -0.2) is 5.48 Å². The second kappa shape index (κ2) is 10.2. The van der Waals surface area contributed by atoms with E-state index in [2.05, 4.69) is 16.1 Å². The number of hydrogen-bond acceptors (Lipinski definition) is 4. The highest BCUT2D eigenvalue weighted by Crippen LogP contribution is 2.27. The molecular formula is C27H27N3O4. The standard InChI is InChI=1S/C27H27N3O4/c1-18-3-7-20(8-4-18)26(31)28-14-13-22-17-30(25-12-11-23(34-2)15-24(22)25)16-19-5-9-21(10-6-19)27(32)29-33/h3-12,15,17,33H,13-14,16H2,1-2H3,(H,28,31)(H,29,32). The largest absolute Gasteiger partial charge is 0.497 e. The van der Waals surface area contributed by atoms with Gasteiger partial charge in [-0.3, -0.25) is 14.8 Å². The molecule has 0 atom stereocenters. The first-order chi connectivity index (χ1) is 16.5. The van der Waals surface area contributed by atoms with Crippen LogP contribution in [-0.4, -0.2) is 35.2 Å². The summed E-state index contributed by atoms with van der Waals surface area (Å²) in [4.78, 5) is 24.0. The summed E-state index contributed by atoms with van der Waals surface area (Å²) in [7, 11) is 1.64. The number of aryl methyl sites for hydroxylation is 1. The Kier molecular flexibility index (Phi) is 6.94. The van der Waals surface area contributed by atoms with Gasteiger partial charge in [0.25, 0.3) is 11.8 Å². The van der Waals surface area contributed by atoms with Gasteiger partial charge in [0.05, 0.1) is 7.11 Å². The van der Waals surface area contributed by atoms with Gasteiger partial charge in [-0.1, -0.05) is 29.8 Å². The Morgan fingerprint density at radius 3 is 2.29 bits per heavy atom. The lowest BCUT2D eigenvalue weighted by molar-refractivity contribution is 0.0706. The van der Waals surface area contributed by atoms with E-state index in [-0.39, 0.29) is 5.91 Å². The zero-order valence-electron chi connectivity index (χ0n) is 19.2. The predicted octanol–water partition coefficient (Wildman–Crippen LogP) is 4.10. The van der Waals surface area contributed by atoms with E-state index in [1.807, 2.05) is 61.5 Å². The van der Waals surface area contributed by atoms with Gasteiger partial charge in [0.15, 0.2) is 0 Å². The number of nitrogens with zero attached hydrogens (tertiary/aromatic N) is 1. The van der Waals surface area contributed by atoms with E-state index < -0.39 is 5.91 Å². The van der Waals surface area contributed by atoms with Crippen LogP contribution in [0.5, 0.6) is 5.75 Å². The van der Waals surface area contributed by atoms with Crippen LogP contribution in [0.4, 0.5) is 0 Å². The van der Waals surface area contributed by atoms with Gasteiger partial charge >= 0.3 is 0 Å². The molecule has 1 heterocycles. The highest BCUT2D eigenvalue weighted by Gasteiger charge is 2.12. The molecule has 0 aliphatic carbocycles. The third-order valence-electron chi connectivity index (χ3n) is 5.84.